The number of nitrogens with two attached hydrogens (primary N) is 1. The molecule has 0 spiro atoms. The van der Waals surface area contributed by atoms with Gasteiger partial charge in [-0.2, -0.15) is 5.14 Å². The predicted octanol–water partition coefficient (Wildman–Crippen LogP) is 0.874. The minimum absolute atomic E-state index is 0.331. The summed E-state index contributed by atoms with van der Waals surface area (Å²) in [6.07, 6.45) is 3.00. The molecule has 6 heteroatoms. The minimum atomic E-state index is -1.45. The Bertz CT molecular complexity index is 318. The van der Waals surface area contributed by atoms with Gasteiger partial charge in [0, 0.05) is 30.4 Å². The highest BCUT2D eigenvalue weighted by molar-refractivity contribution is 7.89. The molecule has 0 aromatic carbocycles. The van der Waals surface area contributed by atoms with Gasteiger partial charge in [-0.1, -0.05) is 0 Å². The van der Waals surface area contributed by atoms with Gasteiger partial charge in [-0.3, -0.25) is 0 Å². The Balaban J connectivity index is 2.88. The van der Waals surface area contributed by atoms with E-state index in [0.29, 0.717) is 12.4 Å². The molecular formula is C10H17N3O2S. The van der Waals surface area contributed by atoms with Crippen LogP contribution >= 0.6 is 0 Å². The lowest BCUT2D eigenvalue weighted by atomic mass is 10.2. The number of ether oxygens (including phenoxy) is 1. The molecule has 2 N–H and O–H groups in total. The second-order valence-electron chi connectivity index (χ2n) is 3.53. The van der Waals surface area contributed by atoms with Crippen molar-refractivity contribution in [2.24, 2.45) is 5.14 Å². The van der Waals surface area contributed by atoms with E-state index in [4.69, 9.17) is 9.88 Å². The van der Waals surface area contributed by atoms with Gasteiger partial charge in [0.05, 0.1) is 0 Å². The first kappa shape index (κ1) is 13.4. The first-order valence-corrected chi connectivity index (χ1v) is 6.39. The summed E-state index contributed by atoms with van der Waals surface area (Å²) in [5, 5.41) is 5.04. The van der Waals surface area contributed by atoms with E-state index in [9.17, 15) is 4.55 Å². The van der Waals surface area contributed by atoms with Crippen molar-refractivity contribution in [3.05, 3.63) is 23.8 Å². The molecular weight excluding hydrogens is 226 g/mol. The average molecular weight is 243 g/mol. The van der Waals surface area contributed by atoms with Crippen molar-refractivity contribution in [1.29, 1.82) is 0 Å². The van der Waals surface area contributed by atoms with Crippen molar-refractivity contribution in [2.75, 3.05) is 6.61 Å². The largest absolute Gasteiger partial charge is 0.598 e. The fourth-order valence-corrected chi connectivity index (χ4v) is 1.71. The van der Waals surface area contributed by atoms with Gasteiger partial charge in [-0.15, -0.1) is 0 Å². The lowest BCUT2D eigenvalue weighted by Gasteiger charge is -2.21. The van der Waals surface area contributed by atoms with E-state index in [-0.39, 0.29) is 5.25 Å². The van der Waals surface area contributed by atoms with E-state index in [1.54, 1.807) is 19.3 Å². The topological polar surface area (TPSA) is 84.1 Å². The Hall–Kier alpha value is -0.690. The predicted molar refractivity (Wildman–Crippen MR) is 62.9 cm³/mol. The number of nitrogens with zero attached hydrogens (tertiary/aromatic N) is 2. The van der Waals surface area contributed by atoms with Gasteiger partial charge in [0.25, 0.3) is 0 Å². The first-order chi connectivity index (χ1) is 7.56. The Morgan fingerprint density at radius 3 is 2.50 bits per heavy atom. The van der Waals surface area contributed by atoms with E-state index in [1.165, 1.54) is 0 Å². The number of aromatic nitrogens is 2. The molecule has 1 unspecified atom stereocenters. The van der Waals surface area contributed by atoms with Crippen LogP contribution < -0.4 is 5.14 Å². The summed E-state index contributed by atoms with van der Waals surface area (Å²) in [4.78, 5) is 8.35. The second kappa shape index (κ2) is 6.15. The zero-order chi connectivity index (χ0) is 12.1. The quantitative estimate of drug-likeness (QED) is 0.776. The molecule has 1 aromatic rings. The van der Waals surface area contributed by atoms with E-state index in [0.717, 1.165) is 5.56 Å². The molecule has 0 aliphatic heterocycles. The van der Waals surface area contributed by atoms with Crippen LogP contribution in [-0.2, 0) is 16.1 Å². The van der Waals surface area contributed by atoms with Crippen molar-refractivity contribution >= 4 is 11.4 Å². The van der Waals surface area contributed by atoms with Crippen LogP contribution in [0.1, 0.15) is 31.3 Å². The summed E-state index contributed by atoms with van der Waals surface area (Å²) in [5.74, 6) is 0.527. The molecule has 1 rings (SSSR count). The highest BCUT2D eigenvalue weighted by atomic mass is 32.2. The van der Waals surface area contributed by atoms with Gasteiger partial charge in [0.2, 0.25) is 0 Å². The lowest BCUT2D eigenvalue weighted by molar-refractivity contribution is 0.0556. The summed E-state index contributed by atoms with van der Waals surface area (Å²) in [6, 6.07) is 0. The summed E-state index contributed by atoms with van der Waals surface area (Å²) in [6.45, 7) is 6.04. The van der Waals surface area contributed by atoms with Crippen molar-refractivity contribution in [3.8, 4) is 0 Å². The molecule has 3 atom stereocenters. The third kappa shape index (κ3) is 3.41. The maximum absolute atomic E-state index is 11.3. The van der Waals surface area contributed by atoms with E-state index in [1.807, 2.05) is 13.8 Å². The van der Waals surface area contributed by atoms with E-state index in [2.05, 4.69) is 9.97 Å². The molecule has 16 heavy (non-hydrogen) atoms. The molecule has 0 aliphatic rings. The Morgan fingerprint density at radius 1 is 1.50 bits per heavy atom. The Labute approximate surface area is 98.7 Å². The Morgan fingerprint density at radius 2 is 2.06 bits per heavy atom. The minimum Gasteiger partial charge on any atom is -0.598 e. The molecule has 1 heterocycles. The average Bonchev–Trinajstić information content (AvgIpc) is 2.26. The third-order valence-corrected chi connectivity index (χ3v) is 3.17. The van der Waals surface area contributed by atoms with Crippen molar-refractivity contribution in [1.82, 2.24) is 9.97 Å². The maximum atomic E-state index is 11.3. The normalized spacial score (nSPS) is 16.8. The Kier molecular flexibility index (Phi) is 5.14. The number of rotatable bonds is 5. The van der Waals surface area contributed by atoms with Crippen LogP contribution in [0.2, 0.25) is 0 Å². The summed E-state index contributed by atoms with van der Waals surface area (Å²) in [7, 11) is 0. The van der Waals surface area contributed by atoms with Gasteiger partial charge in [0.1, 0.15) is 0 Å². The van der Waals surface area contributed by atoms with Crippen LogP contribution in [0.5, 0.6) is 0 Å². The highest BCUT2D eigenvalue weighted by Crippen LogP contribution is 2.21. The van der Waals surface area contributed by atoms with E-state index >= 15 is 0 Å². The third-order valence-electron chi connectivity index (χ3n) is 2.19. The zero-order valence-corrected chi connectivity index (χ0v) is 10.5. The van der Waals surface area contributed by atoms with E-state index < -0.39 is 17.5 Å². The maximum Gasteiger partial charge on any atom is 0.166 e. The molecule has 0 bridgehead atoms. The van der Waals surface area contributed by atoms with Crippen LogP contribution in [0.3, 0.4) is 0 Å². The van der Waals surface area contributed by atoms with Gasteiger partial charge >= 0.3 is 0 Å². The fourth-order valence-electron chi connectivity index (χ4n) is 1.27. The molecule has 90 valence electrons. The lowest BCUT2D eigenvalue weighted by Crippen LogP contribution is -2.33. The molecule has 1 aromatic heterocycles. The van der Waals surface area contributed by atoms with Gasteiger partial charge in [-0.05, 0) is 26.3 Å². The van der Waals surface area contributed by atoms with Crippen molar-refractivity contribution < 1.29 is 9.29 Å². The smallest absolute Gasteiger partial charge is 0.166 e. The standard InChI is InChI=1S/C10H17N3O2S/c1-4-15-9(8(3)16(11)14)10-12-5-7(2)6-13-10/h5-6,8-9H,4,11H2,1-3H3/t8-,9-,16?/m0/s1. The van der Waals surface area contributed by atoms with Crippen LogP contribution in [-0.4, -0.2) is 26.4 Å². The fraction of sp³-hybridized carbons (Fsp3) is 0.600. The monoisotopic (exact) mass is 243 g/mol. The van der Waals surface area contributed by atoms with Crippen LogP contribution in [0, 0.1) is 6.92 Å². The molecule has 0 fully saturated rings. The summed E-state index contributed by atoms with van der Waals surface area (Å²) >= 11 is -1.45. The SMILES string of the molecule is CCO[C@H](c1ncc(C)cn1)[C@H](C)[S+](N)[O-]. The second-order valence-corrected chi connectivity index (χ2v) is 4.93. The van der Waals surface area contributed by atoms with Crippen molar-refractivity contribution in [3.63, 3.8) is 0 Å². The van der Waals surface area contributed by atoms with Gasteiger partial charge in [-0.25, -0.2) is 9.97 Å². The van der Waals surface area contributed by atoms with Crippen LogP contribution in [0.4, 0.5) is 0 Å². The molecule has 5 nitrogen and oxygen atoms in total. The van der Waals surface area contributed by atoms with Gasteiger partial charge < -0.3 is 9.29 Å². The summed E-state index contributed by atoms with van der Waals surface area (Å²) in [5.41, 5.74) is 0.973. The molecule has 0 aliphatic carbocycles. The van der Waals surface area contributed by atoms with Crippen LogP contribution in [0.15, 0.2) is 12.4 Å². The van der Waals surface area contributed by atoms with Crippen LogP contribution in [0.25, 0.3) is 0 Å². The zero-order valence-electron chi connectivity index (χ0n) is 9.71. The van der Waals surface area contributed by atoms with Crippen molar-refractivity contribution in [2.45, 2.75) is 32.1 Å². The molecule has 0 amide bonds. The number of hydrogen-bond donors (Lipinski definition) is 1. The molecule has 0 saturated carbocycles. The number of hydrogen-bond acceptors (Lipinski definition) is 5. The summed E-state index contributed by atoms with van der Waals surface area (Å²) < 4.78 is 16.7. The first-order valence-electron chi connectivity index (χ1n) is 5.11. The molecule has 0 radical (unpaired) electrons. The number of aryl methyl sites for hydroxylation is 1. The van der Waals surface area contributed by atoms with Gasteiger partial charge in [0.15, 0.2) is 17.2 Å². The molecule has 0 saturated heterocycles. The highest BCUT2D eigenvalue weighted by Gasteiger charge is 2.30.